The summed E-state index contributed by atoms with van der Waals surface area (Å²) in [6, 6.07) is 10.9. The molecule has 0 bridgehead atoms. The first-order chi connectivity index (χ1) is 15.8. The molecule has 1 aliphatic rings. The topological polar surface area (TPSA) is 84.9 Å². The Balaban J connectivity index is 1.75. The maximum absolute atomic E-state index is 12.5. The van der Waals surface area contributed by atoms with Crippen LogP contribution in [-0.2, 0) is 9.59 Å². The molecule has 0 atom stereocenters. The average Bonchev–Trinajstić information content (AvgIpc) is 3.02. The van der Waals surface area contributed by atoms with Gasteiger partial charge in [-0.1, -0.05) is 24.6 Å². The van der Waals surface area contributed by atoms with Crippen LogP contribution in [0.15, 0.2) is 45.8 Å². The maximum atomic E-state index is 12.5. The molecule has 1 aliphatic heterocycles. The van der Waals surface area contributed by atoms with E-state index < -0.39 is 0 Å². The van der Waals surface area contributed by atoms with Crippen LogP contribution in [0, 0.1) is 6.92 Å². The first-order valence-electron chi connectivity index (χ1n) is 10.5. The number of carbonyl (C=O) groups is 3. The second-order valence-electron chi connectivity index (χ2n) is 7.30. The van der Waals surface area contributed by atoms with Crippen LogP contribution in [0.25, 0.3) is 6.08 Å². The van der Waals surface area contributed by atoms with Crippen molar-refractivity contribution in [3.8, 4) is 11.5 Å². The number of thioether (sulfide) groups is 1. The van der Waals surface area contributed by atoms with Gasteiger partial charge in [-0.3, -0.25) is 19.3 Å². The molecular weight excluding hydrogens is 508 g/mol. The molecule has 3 rings (SSSR count). The molecule has 1 saturated heterocycles. The summed E-state index contributed by atoms with van der Waals surface area (Å²) in [7, 11) is 0. The molecule has 0 aromatic heterocycles. The van der Waals surface area contributed by atoms with E-state index in [1.165, 1.54) is 4.90 Å². The molecule has 33 heavy (non-hydrogen) atoms. The van der Waals surface area contributed by atoms with Gasteiger partial charge < -0.3 is 14.8 Å². The van der Waals surface area contributed by atoms with Crippen LogP contribution in [-0.4, -0.2) is 41.7 Å². The number of anilines is 1. The first kappa shape index (κ1) is 24.9. The number of imide groups is 1. The van der Waals surface area contributed by atoms with E-state index >= 15 is 0 Å². The van der Waals surface area contributed by atoms with Crippen LogP contribution >= 0.6 is 27.7 Å². The van der Waals surface area contributed by atoms with E-state index in [0.717, 1.165) is 17.3 Å². The number of ether oxygens (including phenoxy) is 2. The Morgan fingerprint density at radius 1 is 1.15 bits per heavy atom. The van der Waals surface area contributed by atoms with Crippen LogP contribution < -0.4 is 14.8 Å². The molecule has 2 aromatic rings. The highest BCUT2D eigenvalue weighted by Crippen LogP contribution is 2.39. The normalized spacial score (nSPS) is 14.7. The molecule has 7 nitrogen and oxygen atoms in total. The standard InChI is InChI=1S/C24H25BrN2O5S/c1-4-10-27-23(29)20(33-24(27)30)13-16-11-18(25)22(19(12-16)31-5-2)32-14-21(28)26-17-8-6-15(3)7-9-17/h6-9,11-13H,4-5,10,14H2,1-3H3,(H,26,28)/b20-13+. The molecular formula is C24H25BrN2O5S. The summed E-state index contributed by atoms with van der Waals surface area (Å²) in [5, 5.41) is 2.52. The number of benzene rings is 2. The van der Waals surface area contributed by atoms with Crippen molar-refractivity contribution in [3.05, 3.63) is 56.9 Å². The van der Waals surface area contributed by atoms with Gasteiger partial charge in [-0.2, -0.15) is 0 Å². The van der Waals surface area contributed by atoms with Crippen molar-refractivity contribution in [2.75, 3.05) is 25.1 Å². The Kier molecular flexibility index (Phi) is 8.57. The highest BCUT2D eigenvalue weighted by Gasteiger charge is 2.34. The SMILES string of the molecule is CCCN1C(=O)S/C(=C/c2cc(Br)c(OCC(=O)Nc3ccc(C)cc3)c(OCC)c2)C1=O. The monoisotopic (exact) mass is 532 g/mol. The fraction of sp³-hybridized carbons (Fsp3) is 0.292. The van der Waals surface area contributed by atoms with Gasteiger partial charge in [-0.05, 0) is 83.9 Å². The third kappa shape index (κ3) is 6.39. The first-order valence-corrected chi connectivity index (χ1v) is 12.1. The van der Waals surface area contributed by atoms with Crippen molar-refractivity contribution in [3.63, 3.8) is 0 Å². The molecule has 0 aliphatic carbocycles. The largest absolute Gasteiger partial charge is 0.490 e. The molecule has 1 heterocycles. The number of nitrogens with zero attached hydrogens (tertiary/aromatic N) is 1. The third-order valence-electron chi connectivity index (χ3n) is 4.63. The van der Waals surface area contributed by atoms with Gasteiger partial charge in [-0.25, -0.2) is 0 Å². The van der Waals surface area contributed by atoms with Crippen molar-refractivity contribution in [1.82, 2.24) is 4.90 Å². The lowest BCUT2D eigenvalue weighted by Crippen LogP contribution is -2.28. The summed E-state index contributed by atoms with van der Waals surface area (Å²) in [6.07, 6.45) is 2.36. The molecule has 0 unspecified atom stereocenters. The lowest BCUT2D eigenvalue weighted by molar-refractivity contribution is -0.122. The van der Waals surface area contributed by atoms with Gasteiger partial charge in [0.2, 0.25) is 0 Å². The smallest absolute Gasteiger partial charge is 0.293 e. The van der Waals surface area contributed by atoms with E-state index in [4.69, 9.17) is 9.47 Å². The van der Waals surface area contributed by atoms with E-state index in [0.29, 0.717) is 51.7 Å². The summed E-state index contributed by atoms with van der Waals surface area (Å²) >= 11 is 4.39. The fourth-order valence-corrected chi connectivity index (χ4v) is 4.55. The molecule has 1 N–H and O–H groups in total. The van der Waals surface area contributed by atoms with E-state index in [-0.39, 0.29) is 23.7 Å². The van der Waals surface area contributed by atoms with E-state index in [1.807, 2.05) is 45.0 Å². The van der Waals surface area contributed by atoms with Crippen LogP contribution in [0.3, 0.4) is 0 Å². The Morgan fingerprint density at radius 2 is 1.88 bits per heavy atom. The number of nitrogens with one attached hydrogen (secondary N) is 1. The predicted molar refractivity (Wildman–Crippen MR) is 134 cm³/mol. The van der Waals surface area contributed by atoms with Crippen LogP contribution in [0.1, 0.15) is 31.4 Å². The zero-order valence-corrected chi connectivity index (χ0v) is 21.0. The predicted octanol–water partition coefficient (Wildman–Crippen LogP) is 5.62. The number of amides is 3. The summed E-state index contributed by atoms with van der Waals surface area (Å²) in [5.41, 5.74) is 2.46. The van der Waals surface area contributed by atoms with Crippen LogP contribution in [0.4, 0.5) is 10.5 Å². The molecule has 2 aromatic carbocycles. The van der Waals surface area contributed by atoms with Crippen LogP contribution in [0.5, 0.6) is 11.5 Å². The minimum Gasteiger partial charge on any atom is -0.490 e. The van der Waals surface area contributed by atoms with Gasteiger partial charge >= 0.3 is 0 Å². The number of carbonyl (C=O) groups excluding carboxylic acids is 3. The Hall–Kier alpha value is -2.78. The Morgan fingerprint density at radius 3 is 2.55 bits per heavy atom. The van der Waals surface area contributed by atoms with Crippen molar-refractivity contribution in [2.24, 2.45) is 0 Å². The van der Waals surface area contributed by atoms with Gasteiger partial charge in [-0.15, -0.1) is 0 Å². The van der Waals surface area contributed by atoms with Gasteiger partial charge in [0.15, 0.2) is 18.1 Å². The lowest BCUT2D eigenvalue weighted by Gasteiger charge is -2.15. The zero-order valence-electron chi connectivity index (χ0n) is 18.6. The quantitative estimate of drug-likeness (QED) is 0.422. The summed E-state index contributed by atoms with van der Waals surface area (Å²) in [4.78, 5) is 38.5. The molecule has 3 amide bonds. The number of aryl methyl sites for hydroxylation is 1. The summed E-state index contributed by atoms with van der Waals surface area (Å²) in [6.45, 7) is 6.30. The van der Waals surface area contributed by atoms with Crippen molar-refractivity contribution >= 4 is 56.5 Å². The highest BCUT2D eigenvalue weighted by atomic mass is 79.9. The molecule has 0 spiro atoms. The minimum atomic E-state index is -0.304. The van der Waals surface area contributed by atoms with Gasteiger partial charge in [0.25, 0.3) is 17.1 Å². The van der Waals surface area contributed by atoms with Gasteiger partial charge in [0.1, 0.15) is 0 Å². The molecule has 9 heteroatoms. The zero-order chi connectivity index (χ0) is 24.0. The fourth-order valence-electron chi connectivity index (χ4n) is 3.11. The number of hydrogen-bond acceptors (Lipinski definition) is 6. The van der Waals surface area contributed by atoms with Crippen molar-refractivity contribution < 1.29 is 23.9 Å². The van der Waals surface area contributed by atoms with Crippen molar-refractivity contribution in [2.45, 2.75) is 27.2 Å². The molecule has 174 valence electrons. The highest BCUT2D eigenvalue weighted by molar-refractivity contribution is 9.10. The maximum Gasteiger partial charge on any atom is 0.293 e. The number of rotatable bonds is 9. The van der Waals surface area contributed by atoms with E-state index in [9.17, 15) is 14.4 Å². The lowest BCUT2D eigenvalue weighted by atomic mass is 10.2. The van der Waals surface area contributed by atoms with Gasteiger partial charge in [0, 0.05) is 12.2 Å². The Bertz CT molecular complexity index is 1090. The third-order valence-corrected chi connectivity index (χ3v) is 6.13. The van der Waals surface area contributed by atoms with Gasteiger partial charge in [0.05, 0.1) is 16.0 Å². The Labute approximate surface area is 205 Å². The molecule has 1 fully saturated rings. The van der Waals surface area contributed by atoms with E-state index in [2.05, 4.69) is 21.2 Å². The summed E-state index contributed by atoms with van der Waals surface area (Å²) in [5.74, 6) is 0.206. The van der Waals surface area contributed by atoms with Crippen LogP contribution in [0.2, 0.25) is 0 Å². The number of hydrogen-bond donors (Lipinski definition) is 1. The average molecular weight is 533 g/mol. The molecule has 0 radical (unpaired) electrons. The second kappa shape index (κ2) is 11.4. The summed E-state index contributed by atoms with van der Waals surface area (Å²) < 4.78 is 12.0. The van der Waals surface area contributed by atoms with Crippen molar-refractivity contribution in [1.29, 1.82) is 0 Å². The number of halogens is 1. The van der Waals surface area contributed by atoms with E-state index in [1.54, 1.807) is 18.2 Å². The molecule has 0 saturated carbocycles. The minimum absolute atomic E-state index is 0.207. The second-order valence-corrected chi connectivity index (χ2v) is 9.15.